The molecule has 0 aliphatic carbocycles. The van der Waals surface area contributed by atoms with E-state index < -0.39 is 5.41 Å². The number of carbonyl (C=O) groups excluding carboxylic acids is 2. The van der Waals surface area contributed by atoms with E-state index in [1.165, 1.54) is 700 Å². The number of rotatable bonds is 120. The molecule has 135 heavy (non-hydrogen) atoms. The molecule has 0 aliphatic rings. The van der Waals surface area contributed by atoms with Crippen molar-refractivity contribution >= 4 is 11.9 Å². The van der Waals surface area contributed by atoms with E-state index in [4.69, 9.17) is 4.74 Å². The standard InChI is InChI=1S/C132H262O3/c1-11-21-31-41-51-61-71-72-73-74-75-77-87-97-107-117-127(133)135-128(134)130(121-111-101-91-81-65-55-45-35-25-15-5,122-112-102-92-82-66-56-46-36-26-16-6)132(125-115-105-95-85-69-59-49-39-29-19-9,126-116-106-96-86-70-60-50-40-30-20-10)131(123-113-103-93-83-67-57-47-37-27-17-7,124-114-104-94-84-68-58-48-38-28-18-8)129(118-108-98-88-78-63-53-43-33-23-13-3,119-109-99-89-79-64-54-44-34-24-14-4)120-110-100-90-80-76-62-52-42-32-22-12-2/h11-126H2,1-10H3. The summed E-state index contributed by atoms with van der Waals surface area (Å²) in [6.07, 6.45) is 155. The summed E-state index contributed by atoms with van der Waals surface area (Å²) in [5, 5.41) is 0. The van der Waals surface area contributed by atoms with Gasteiger partial charge in [0.15, 0.2) is 0 Å². The molecule has 0 amide bonds. The maximum Gasteiger partial charge on any atom is 0.320 e. The summed E-state index contributed by atoms with van der Waals surface area (Å²) in [6.45, 7) is 23.8. The van der Waals surface area contributed by atoms with Gasteiger partial charge in [0, 0.05) is 6.42 Å². The number of hydrogen-bond donors (Lipinski definition) is 0. The molecular formula is C132H262O3. The first-order valence-corrected chi connectivity index (χ1v) is 65.4. The highest BCUT2D eigenvalue weighted by atomic mass is 16.6. The fraction of sp³-hybridized carbons (Fsp3) is 0.985. The number of esters is 2. The van der Waals surface area contributed by atoms with Gasteiger partial charge in [-0.15, -0.1) is 0 Å². The van der Waals surface area contributed by atoms with E-state index in [1.54, 1.807) is 0 Å². The second kappa shape index (κ2) is 109. The van der Waals surface area contributed by atoms with Crippen molar-refractivity contribution in [2.75, 3.05) is 0 Å². The molecule has 0 aromatic rings. The molecule has 0 radical (unpaired) electrons. The van der Waals surface area contributed by atoms with Crippen LogP contribution < -0.4 is 0 Å². The van der Waals surface area contributed by atoms with Gasteiger partial charge in [0.05, 0.1) is 5.41 Å². The second-order valence-corrected chi connectivity index (χ2v) is 46.7. The van der Waals surface area contributed by atoms with Gasteiger partial charge < -0.3 is 4.74 Å². The molecular weight excluding hydrogens is 1630 g/mol. The Morgan fingerprint density at radius 1 is 0.133 bits per heavy atom. The zero-order valence-corrected chi connectivity index (χ0v) is 96.2. The van der Waals surface area contributed by atoms with Gasteiger partial charge in [-0.25, -0.2) is 0 Å². The molecule has 0 rings (SSSR count). The first-order valence-electron chi connectivity index (χ1n) is 65.4. The molecule has 0 saturated heterocycles. The molecule has 0 heterocycles. The lowest BCUT2D eigenvalue weighted by Gasteiger charge is -2.68. The first-order chi connectivity index (χ1) is 66.7. The summed E-state index contributed by atoms with van der Waals surface area (Å²) in [4.78, 5) is 34.6. The average Bonchev–Trinajstić information content (AvgIpc) is 0.688. The average molecular weight is 1900 g/mol. The van der Waals surface area contributed by atoms with Crippen molar-refractivity contribution in [1.82, 2.24) is 0 Å². The van der Waals surface area contributed by atoms with Crippen molar-refractivity contribution in [1.29, 1.82) is 0 Å². The van der Waals surface area contributed by atoms with Gasteiger partial charge >= 0.3 is 11.9 Å². The van der Waals surface area contributed by atoms with Gasteiger partial charge in [-0.2, -0.15) is 0 Å². The van der Waals surface area contributed by atoms with Crippen LogP contribution in [0.15, 0.2) is 0 Å². The van der Waals surface area contributed by atoms with Crippen molar-refractivity contribution < 1.29 is 14.3 Å². The van der Waals surface area contributed by atoms with E-state index in [0.29, 0.717) is 6.42 Å². The van der Waals surface area contributed by atoms with Crippen molar-refractivity contribution in [2.45, 2.75) is 814 Å². The summed E-state index contributed by atoms with van der Waals surface area (Å²) in [5.74, 6) is -0.0913. The summed E-state index contributed by atoms with van der Waals surface area (Å²) >= 11 is 0. The van der Waals surface area contributed by atoms with Crippen LogP contribution >= 0.6 is 0 Å². The zero-order valence-electron chi connectivity index (χ0n) is 96.2. The van der Waals surface area contributed by atoms with Gasteiger partial charge in [-0.3, -0.25) is 9.59 Å². The fourth-order valence-corrected chi connectivity index (χ4v) is 25.7. The van der Waals surface area contributed by atoms with Crippen LogP contribution in [0.1, 0.15) is 814 Å². The van der Waals surface area contributed by atoms with Crippen molar-refractivity contribution in [3.63, 3.8) is 0 Å². The molecule has 0 saturated carbocycles. The first kappa shape index (κ1) is 134. The van der Waals surface area contributed by atoms with Crippen LogP contribution in [0.25, 0.3) is 0 Å². The third-order valence-electron chi connectivity index (χ3n) is 34.4. The topological polar surface area (TPSA) is 43.4 Å². The normalized spacial score (nSPS) is 12.3. The highest BCUT2D eigenvalue weighted by Crippen LogP contribution is 2.74. The van der Waals surface area contributed by atoms with E-state index in [-0.39, 0.29) is 28.2 Å². The second-order valence-electron chi connectivity index (χ2n) is 46.7. The monoisotopic (exact) mass is 1900 g/mol. The lowest BCUT2D eigenvalue weighted by atomic mass is 9.35. The van der Waals surface area contributed by atoms with E-state index in [2.05, 4.69) is 69.2 Å². The van der Waals surface area contributed by atoms with Gasteiger partial charge in [-0.1, -0.05) is 743 Å². The number of hydrogen-bond acceptors (Lipinski definition) is 3. The van der Waals surface area contributed by atoms with Gasteiger partial charge in [-0.05, 0) is 80.5 Å². The maximum atomic E-state index is 18.6. The minimum atomic E-state index is -0.745. The Morgan fingerprint density at radius 3 is 0.407 bits per heavy atom. The molecule has 0 aromatic heterocycles. The number of unbranched alkanes of at least 4 members (excludes halogenated alkanes) is 96. The van der Waals surface area contributed by atoms with E-state index in [0.717, 1.165) is 38.5 Å². The van der Waals surface area contributed by atoms with E-state index in [1.807, 2.05) is 0 Å². The van der Waals surface area contributed by atoms with E-state index >= 15 is 9.59 Å². The fourth-order valence-electron chi connectivity index (χ4n) is 25.7. The summed E-state index contributed by atoms with van der Waals surface area (Å²) in [7, 11) is 0. The van der Waals surface area contributed by atoms with Crippen molar-refractivity contribution in [3.05, 3.63) is 0 Å². The Kier molecular flexibility index (Phi) is 108. The summed E-state index contributed by atoms with van der Waals surface area (Å²) in [5.41, 5.74) is -1.05. The van der Waals surface area contributed by atoms with Crippen molar-refractivity contribution in [2.24, 2.45) is 21.7 Å². The predicted molar refractivity (Wildman–Crippen MR) is 613 cm³/mol. The molecule has 3 heteroatoms. The molecule has 0 bridgehead atoms. The highest BCUT2D eigenvalue weighted by Gasteiger charge is 2.69. The van der Waals surface area contributed by atoms with Crippen LogP contribution in [-0.2, 0) is 14.3 Å². The third kappa shape index (κ3) is 78.2. The molecule has 0 aliphatic heterocycles. The zero-order chi connectivity index (χ0) is 97.9. The molecule has 0 atom stereocenters. The smallest absolute Gasteiger partial charge is 0.320 e. The Morgan fingerprint density at radius 2 is 0.252 bits per heavy atom. The predicted octanol–water partition coefficient (Wildman–Crippen LogP) is 49.5. The summed E-state index contributed by atoms with van der Waals surface area (Å²) in [6, 6.07) is 0. The lowest BCUT2D eigenvalue weighted by molar-refractivity contribution is -0.218. The maximum absolute atomic E-state index is 18.6. The molecule has 0 unspecified atom stereocenters. The summed E-state index contributed by atoms with van der Waals surface area (Å²) < 4.78 is 7.47. The minimum absolute atomic E-state index is 0.0523. The number of carbonyl (C=O) groups is 2. The van der Waals surface area contributed by atoms with Crippen molar-refractivity contribution in [3.8, 4) is 0 Å². The largest absolute Gasteiger partial charge is 0.393 e. The Labute approximate surface area is 856 Å². The number of ether oxygens (including phenoxy) is 1. The SMILES string of the molecule is CCCCCCCCCCCCCCCCCC(=O)OC(=O)C(CCCCCCCCCCCC)(CCCCCCCCCCCC)C(CCCCCCCCCCCC)(CCCCCCCCCCCC)C(CCCCCCCCCCCC)(CCCCCCCCCCCC)C(CCCCCCCCCCCC)(CCCCCCCCCCCC)CCCCCCCCCCCCC. The Bertz CT molecular complexity index is 2120. The van der Waals surface area contributed by atoms with Crippen LogP contribution in [0.3, 0.4) is 0 Å². The van der Waals surface area contributed by atoms with Crippen LogP contribution in [0.2, 0.25) is 0 Å². The molecule has 808 valence electrons. The Balaban J connectivity index is 10.4. The minimum Gasteiger partial charge on any atom is -0.393 e. The van der Waals surface area contributed by atoms with Gasteiger partial charge in [0.2, 0.25) is 0 Å². The van der Waals surface area contributed by atoms with Gasteiger partial charge in [0.1, 0.15) is 0 Å². The molecule has 0 N–H and O–H groups in total. The van der Waals surface area contributed by atoms with Crippen LogP contribution in [0.4, 0.5) is 0 Å². The van der Waals surface area contributed by atoms with Gasteiger partial charge in [0.25, 0.3) is 0 Å². The molecule has 0 aromatic carbocycles. The lowest BCUT2D eigenvalue weighted by Crippen LogP contribution is -2.64. The highest BCUT2D eigenvalue weighted by molar-refractivity contribution is 5.89. The van der Waals surface area contributed by atoms with Crippen LogP contribution in [-0.4, -0.2) is 11.9 Å². The molecule has 3 nitrogen and oxygen atoms in total. The van der Waals surface area contributed by atoms with Crippen LogP contribution in [0.5, 0.6) is 0 Å². The van der Waals surface area contributed by atoms with Crippen LogP contribution in [0, 0.1) is 21.7 Å². The Hall–Kier alpha value is -0.860. The third-order valence-corrected chi connectivity index (χ3v) is 34.4. The molecule has 0 spiro atoms. The molecule has 0 fully saturated rings. The quantitative estimate of drug-likeness (QED) is 0.0346. The van der Waals surface area contributed by atoms with E-state index in [9.17, 15) is 0 Å².